The first-order chi connectivity index (χ1) is 8.54. The van der Waals surface area contributed by atoms with Crippen LogP contribution in [0.15, 0.2) is 18.2 Å². The highest BCUT2D eigenvalue weighted by molar-refractivity contribution is 5.98. The summed E-state index contributed by atoms with van der Waals surface area (Å²) in [6.07, 6.45) is 0.899. The normalized spacial score (nSPS) is 10.9. The largest absolute Gasteiger partial charge is 0.348 e. The molecule has 0 saturated carbocycles. The van der Waals surface area contributed by atoms with Gasteiger partial charge in [-0.1, -0.05) is 19.1 Å². The van der Waals surface area contributed by atoms with E-state index >= 15 is 0 Å². The predicted octanol–water partition coefficient (Wildman–Crippen LogP) is 3.10. The van der Waals surface area contributed by atoms with Gasteiger partial charge in [-0.15, -0.1) is 0 Å². The molecule has 0 saturated heterocycles. The van der Waals surface area contributed by atoms with Crippen molar-refractivity contribution in [2.75, 3.05) is 13.6 Å². The third-order valence-corrected chi connectivity index (χ3v) is 3.06. The molecule has 1 aromatic heterocycles. The first-order valence-electron chi connectivity index (χ1n) is 6.08. The first kappa shape index (κ1) is 12.6. The van der Waals surface area contributed by atoms with Crippen molar-refractivity contribution in [2.24, 2.45) is 0 Å². The lowest BCUT2D eigenvalue weighted by Crippen LogP contribution is -2.27. The molecule has 2 aromatic rings. The molecule has 0 fully saturated rings. The maximum atomic E-state index is 13.9. The Morgan fingerprint density at radius 2 is 2.17 bits per heavy atom. The van der Waals surface area contributed by atoms with Crippen molar-refractivity contribution in [1.82, 2.24) is 9.88 Å². The Labute approximate surface area is 106 Å². The summed E-state index contributed by atoms with van der Waals surface area (Å²) in [5, 5.41) is 0.728. The summed E-state index contributed by atoms with van der Waals surface area (Å²) in [4.78, 5) is 16.6. The van der Waals surface area contributed by atoms with Crippen molar-refractivity contribution in [3.8, 4) is 0 Å². The van der Waals surface area contributed by atoms with E-state index in [0.29, 0.717) is 23.3 Å². The SMILES string of the molecule is CCCN(C)C(=O)c1cc2ccc(C)c(F)c2[nH]1. The third kappa shape index (κ3) is 2.10. The molecule has 0 aliphatic rings. The Balaban J connectivity index is 2.42. The second kappa shape index (κ2) is 4.80. The van der Waals surface area contributed by atoms with E-state index in [4.69, 9.17) is 0 Å². The Kier molecular flexibility index (Phi) is 3.36. The highest BCUT2D eigenvalue weighted by Gasteiger charge is 2.15. The van der Waals surface area contributed by atoms with E-state index in [9.17, 15) is 9.18 Å². The van der Waals surface area contributed by atoms with Gasteiger partial charge >= 0.3 is 0 Å². The van der Waals surface area contributed by atoms with Crippen molar-refractivity contribution in [3.63, 3.8) is 0 Å². The van der Waals surface area contributed by atoms with Gasteiger partial charge in [0.2, 0.25) is 0 Å². The second-order valence-corrected chi connectivity index (χ2v) is 4.57. The number of aromatic nitrogens is 1. The fourth-order valence-corrected chi connectivity index (χ4v) is 2.03. The molecule has 18 heavy (non-hydrogen) atoms. The van der Waals surface area contributed by atoms with Crippen molar-refractivity contribution >= 4 is 16.8 Å². The lowest BCUT2D eigenvalue weighted by atomic mass is 10.2. The standard InChI is InChI=1S/C14H17FN2O/c1-4-7-17(3)14(18)11-8-10-6-5-9(2)12(15)13(10)16-11/h5-6,8,16H,4,7H2,1-3H3. The van der Waals surface area contributed by atoms with Gasteiger partial charge in [0.1, 0.15) is 11.5 Å². The summed E-state index contributed by atoms with van der Waals surface area (Å²) in [7, 11) is 1.75. The van der Waals surface area contributed by atoms with Crippen LogP contribution in [0, 0.1) is 12.7 Å². The van der Waals surface area contributed by atoms with E-state index in [1.165, 1.54) is 0 Å². The molecule has 0 aliphatic heterocycles. The zero-order valence-electron chi connectivity index (χ0n) is 10.9. The van der Waals surface area contributed by atoms with Crippen LogP contribution >= 0.6 is 0 Å². The Hall–Kier alpha value is -1.84. The van der Waals surface area contributed by atoms with Gasteiger partial charge < -0.3 is 9.88 Å². The minimum Gasteiger partial charge on any atom is -0.348 e. The summed E-state index contributed by atoms with van der Waals surface area (Å²) in [6.45, 7) is 4.41. The lowest BCUT2D eigenvalue weighted by Gasteiger charge is -2.14. The van der Waals surface area contributed by atoms with Crippen LogP contribution in [0.1, 0.15) is 29.4 Å². The number of carbonyl (C=O) groups excluding carboxylic acids is 1. The average molecular weight is 248 g/mol. The van der Waals surface area contributed by atoms with E-state index in [2.05, 4.69) is 4.98 Å². The van der Waals surface area contributed by atoms with Gasteiger partial charge in [-0.05, 0) is 25.0 Å². The molecular formula is C14H17FN2O. The van der Waals surface area contributed by atoms with Crippen LogP contribution in [0.25, 0.3) is 10.9 Å². The topological polar surface area (TPSA) is 36.1 Å². The quantitative estimate of drug-likeness (QED) is 0.890. The number of benzene rings is 1. The number of nitrogens with zero attached hydrogens (tertiary/aromatic N) is 1. The van der Waals surface area contributed by atoms with E-state index in [-0.39, 0.29) is 11.7 Å². The lowest BCUT2D eigenvalue weighted by molar-refractivity contribution is 0.0790. The van der Waals surface area contributed by atoms with Crippen LogP contribution in [0.2, 0.25) is 0 Å². The molecule has 1 amide bonds. The molecule has 3 nitrogen and oxygen atoms in total. The maximum Gasteiger partial charge on any atom is 0.270 e. The predicted molar refractivity (Wildman–Crippen MR) is 70.2 cm³/mol. The number of fused-ring (bicyclic) bond motifs is 1. The molecule has 1 N–H and O–H groups in total. The van der Waals surface area contributed by atoms with Gasteiger partial charge in [-0.25, -0.2) is 4.39 Å². The van der Waals surface area contributed by atoms with Crippen molar-refractivity contribution in [1.29, 1.82) is 0 Å². The van der Waals surface area contributed by atoms with E-state index < -0.39 is 0 Å². The number of H-pyrrole nitrogens is 1. The summed E-state index contributed by atoms with van der Waals surface area (Å²) >= 11 is 0. The molecule has 0 bridgehead atoms. The zero-order chi connectivity index (χ0) is 13.3. The summed E-state index contributed by atoms with van der Waals surface area (Å²) < 4.78 is 13.9. The smallest absolute Gasteiger partial charge is 0.270 e. The fraction of sp³-hybridized carbons (Fsp3) is 0.357. The number of amides is 1. The van der Waals surface area contributed by atoms with Crippen LogP contribution < -0.4 is 0 Å². The Morgan fingerprint density at radius 1 is 1.44 bits per heavy atom. The highest BCUT2D eigenvalue weighted by Crippen LogP contribution is 2.21. The molecule has 0 unspecified atom stereocenters. The third-order valence-electron chi connectivity index (χ3n) is 3.06. The average Bonchev–Trinajstić information content (AvgIpc) is 2.78. The minimum absolute atomic E-state index is 0.106. The summed E-state index contributed by atoms with van der Waals surface area (Å²) in [5.74, 6) is -0.394. The molecular weight excluding hydrogens is 231 g/mol. The zero-order valence-corrected chi connectivity index (χ0v) is 10.9. The number of halogens is 1. The van der Waals surface area contributed by atoms with Gasteiger partial charge in [0.25, 0.3) is 5.91 Å². The number of carbonyl (C=O) groups is 1. The summed E-state index contributed by atoms with van der Waals surface area (Å²) in [5.41, 5.74) is 1.42. The number of rotatable bonds is 3. The molecule has 0 radical (unpaired) electrons. The van der Waals surface area contributed by atoms with Gasteiger partial charge in [0, 0.05) is 19.0 Å². The summed E-state index contributed by atoms with van der Waals surface area (Å²) in [6, 6.07) is 5.24. The van der Waals surface area contributed by atoms with Gasteiger partial charge in [-0.2, -0.15) is 0 Å². The first-order valence-corrected chi connectivity index (χ1v) is 6.08. The molecule has 1 aromatic carbocycles. The van der Waals surface area contributed by atoms with Crippen LogP contribution in [-0.4, -0.2) is 29.4 Å². The minimum atomic E-state index is -0.287. The van der Waals surface area contributed by atoms with Crippen LogP contribution in [-0.2, 0) is 0 Å². The maximum absolute atomic E-state index is 13.9. The van der Waals surface area contributed by atoms with Crippen molar-refractivity contribution in [3.05, 3.63) is 35.3 Å². The van der Waals surface area contributed by atoms with E-state index in [0.717, 1.165) is 11.8 Å². The van der Waals surface area contributed by atoms with Crippen molar-refractivity contribution in [2.45, 2.75) is 20.3 Å². The highest BCUT2D eigenvalue weighted by atomic mass is 19.1. The van der Waals surface area contributed by atoms with Gasteiger partial charge in [-0.3, -0.25) is 4.79 Å². The molecule has 0 aliphatic carbocycles. The van der Waals surface area contributed by atoms with Gasteiger partial charge in [0.05, 0.1) is 5.52 Å². The monoisotopic (exact) mass is 248 g/mol. The van der Waals surface area contributed by atoms with E-state index in [1.807, 2.05) is 13.0 Å². The molecule has 0 atom stereocenters. The van der Waals surface area contributed by atoms with Crippen LogP contribution in [0.5, 0.6) is 0 Å². The van der Waals surface area contributed by atoms with Gasteiger partial charge in [0.15, 0.2) is 0 Å². The van der Waals surface area contributed by atoms with Crippen molar-refractivity contribution < 1.29 is 9.18 Å². The molecule has 96 valence electrons. The molecule has 2 rings (SSSR count). The number of aromatic amines is 1. The fourth-order valence-electron chi connectivity index (χ4n) is 2.03. The number of nitrogens with one attached hydrogen (secondary N) is 1. The number of hydrogen-bond donors (Lipinski definition) is 1. The molecule has 4 heteroatoms. The Bertz CT molecular complexity index is 589. The Morgan fingerprint density at radius 3 is 2.83 bits per heavy atom. The molecule has 1 heterocycles. The second-order valence-electron chi connectivity index (χ2n) is 4.57. The number of hydrogen-bond acceptors (Lipinski definition) is 1. The molecule has 0 spiro atoms. The van der Waals surface area contributed by atoms with E-state index in [1.54, 1.807) is 31.0 Å². The van der Waals surface area contributed by atoms with Crippen LogP contribution in [0.4, 0.5) is 4.39 Å². The van der Waals surface area contributed by atoms with Crippen LogP contribution in [0.3, 0.4) is 0 Å². The number of aryl methyl sites for hydroxylation is 1.